The number of anilines is 2. The van der Waals surface area contributed by atoms with Crippen LogP contribution in [0.15, 0.2) is 18.3 Å². The Labute approximate surface area is 119 Å². The van der Waals surface area contributed by atoms with E-state index in [0.29, 0.717) is 18.7 Å². The van der Waals surface area contributed by atoms with E-state index >= 15 is 0 Å². The van der Waals surface area contributed by atoms with Gasteiger partial charge in [-0.25, -0.2) is 4.98 Å². The summed E-state index contributed by atoms with van der Waals surface area (Å²) in [6.45, 7) is 3.76. The number of rotatable bonds is 5. The highest BCUT2D eigenvalue weighted by Gasteiger charge is 2.21. The Morgan fingerprint density at radius 3 is 2.70 bits per heavy atom. The molecule has 2 N–H and O–H groups in total. The van der Waals surface area contributed by atoms with Crippen molar-refractivity contribution >= 4 is 17.4 Å². The lowest BCUT2D eigenvalue weighted by Crippen LogP contribution is -2.49. The van der Waals surface area contributed by atoms with Crippen LogP contribution in [-0.2, 0) is 9.53 Å². The molecule has 20 heavy (non-hydrogen) atoms. The zero-order chi connectivity index (χ0) is 14.4. The molecule has 0 bridgehead atoms. The normalized spacial score (nSPS) is 15.4. The van der Waals surface area contributed by atoms with Gasteiger partial charge in [0.15, 0.2) is 0 Å². The van der Waals surface area contributed by atoms with Crippen LogP contribution in [0.5, 0.6) is 0 Å². The molecule has 0 saturated carbocycles. The monoisotopic (exact) mass is 278 g/mol. The zero-order valence-electron chi connectivity index (χ0n) is 11.9. The van der Waals surface area contributed by atoms with Gasteiger partial charge in [0.05, 0.1) is 11.9 Å². The van der Waals surface area contributed by atoms with E-state index < -0.39 is 0 Å². The Bertz CT molecular complexity index is 427. The van der Waals surface area contributed by atoms with Crippen LogP contribution in [0.3, 0.4) is 0 Å². The summed E-state index contributed by atoms with van der Waals surface area (Å²) in [6.07, 6.45) is 3.01. The zero-order valence-corrected chi connectivity index (χ0v) is 11.9. The van der Waals surface area contributed by atoms with Crippen molar-refractivity contribution in [1.29, 1.82) is 0 Å². The van der Waals surface area contributed by atoms with Gasteiger partial charge < -0.3 is 20.3 Å². The SMILES string of the molecule is COCCCC(=O)N1CCN(c2ccc(N)cn2)CC1. The number of carbonyl (C=O) groups is 1. The smallest absolute Gasteiger partial charge is 0.222 e. The van der Waals surface area contributed by atoms with Crippen LogP contribution in [0.4, 0.5) is 11.5 Å². The second kappa shape index (κ2) is 7.09. The lowest BCUT2D eigenvalue weighted by Gasteiger charge is -2.35. The van der Waals surface area contributed by atoms with Gasteiger partial charge in [-0.2, -0.15) is 0 Å². The van der Waals surface area contributed by atoms with Gasteiger partial charge in [0, 0.05) is 46.3 Å². The largest absolute Gasteiger partial charge is 0.397 e. The van der Waals surface area contributed by atoms with Crippen molar-refractivity contribution in [2.24, 2.45) is 0 Å². The Kier molecular flexibility index (Phi) is 5.17. The maximum Gasteiger partial charge on any atom is 0.222 e. The predicted molar refractivity (Wildman–Crippen MR) is 78.6 cm³/mol. The first-order valence-electron chi connectivity index (χ1n) is 6.94. The Hall–Kier alpha value is -1.82. The quantitative estimate of drug-likeness (QED) is 0.804. The average Bonchev–Trinajstić information content (AvgIpc) is 2.48. The van der Waals surface area contributed by atoms with E-state index in [4.69, 9.17) is 10.5 Å². The number of aromatic nitrogens is 1. The van der Waals surface area contributed by atoms with Crippen LogP contribution >= 0.6 is 0 Å². The van der Waals surface area contributed by atoms with Crippen LogP contribution in [-0.4, -0.2) is 55.7 Å². The van der Waals surface area contributed by atoms with Crippen molar-refractivity contribution in [2.75, 3.05) is 50.5 Å². The highest BCUT2D eigenvalue weighted by atomic mass is 16.5. The van der Waals surface area contributed by atoms with E-state index in [0.717, 1.165) is 38.4 Å². The molecule has 1 fully saturated rings. The molecule has 0 atom stereocenters. The molecule has 0 radical (unpaired) electrons. The van der Waals surface area contributed by atoms with Crippen molar-refractivity contribution in [3.63, 3.8) is 0 Å². The molecular formula is C14H22N4O2. The van der Waals surface area contributed by atoms with Crippen molar-refractivity contribution in [1.82, 2.24) is 9.88 Å². The van der Waals surface area contributed by atoms with E-state index in [-0.39, 0.29) is 5.91 Å². The van der Waals surface area contributed by atoms with E-state index in [1.165, 1.54) is 0 Å². The minimum Gasteiger partial charge on any atom is -0.397 e. The summed E-state index contributed by atoms with van der Waals surface area (Å²) in [7, 11) is 1.66. The molecule has 1 amide bonds. The van der Waals surface area contributed by atoms with E-state index in [9.17, 15) is 4.79 Å². The van der Waals surface area contributed by atoms with Gasteiger partial charge in [-0.05, 0) is 18.6 Å². The van der Waals surface area contributed by atoms with Crippen molar-refractivity contribution in [3.8, 4) is 0 Å². The Balaban J connectivity index is 1.80. The number of piperazine rings is 1. The fourth-order valence-corrected chi connectivity index (χ4v) is 2.30. The van der Waals surface area contributed by atoms with E-state index in [1.807, 2.05) is 17.0 Å². The summed E-state index contributed by atoms with van der Waals surface area (Å²) in [5, 5.41) is 0. The Morgan fingerprint density at radius 1 is 1.35 bits per heavy atom. The second-order valence-electron chi connectivity index (χ2n) is 4.91. The average molecular weight is 278 g/mol. The van der Waals surface area contributed by atoms with E-state index in [1.54, 1.807) is 13.3 Å². The lowest BCUT2D eigenvalue weighted by molar-refractivity contribution is -0.131. The summed E-state index contributed by atoms with van der Waals surface area (Å²) in [4.78, 5) is 20.4. The summed E-state index contributed by atoms with van der Waals surface area (Å²) >= 11 is 0. The summed E-state index contributed by atoms with van der Waals surface area (Å²) in [6, 6.07) is 3.77. The molecule has 0 spiro atoms. The fraction of sp³-hybridized carbons (Fsp3) is 0.571. The topological polar surface area (TPSA) is 71.7 Å². The van der Waals surface area contributed by atoms with Gasteiger partial charge in [-0.15, -0.1) is 0 Å². The van der Waals surface area contributed by atoms with Gasteiger partial charge in [-0.3, -0.25) is 4.79 Å². The molecule has 110 valence electrons. The van der Waals surface area contributed by atoms with Gasteiger partial charge in [0.25, 0.3) is 0 Å². The van der Waals surface area contributed by atoms with Gasteiger partial charge >= 0.3 is 0 Å². The summed E-state index contributed by atoms with van der Waals surface area (Å²) in [5.74, 6) is 1.14. The minimum atomic E-state index is 0.215. The third-order valence-corrected chi connectivity index (χ3v) is 3.47. The number of nitrogen functional groups attached to an aromatic ring is 1. The number of nitrogens with two attached hydrogens (primary N) is 1. The fourth-order valence-electron chi connectivity index (χ4n) is 2.30. The molecule has 1 aliphatic rings. The van der Waals surface area contributed by atoms with Crippen molar-refractivity contribution in [2.45, 2.75) is 12.8 Å². The molecular weight excluding hydrogens is 256 g/mol. The van der Waals surface area contributed by atoms with Gasteiger partial charge in [-0.1, -0.05) is 0 Å². The molecule has 2 rings (SSSR count). The third-order valence-electron chi connectivity index (χ3n) is 3.47. The standard InChI is InChI=1S/C14H22N4O2/c1-20-10-2-3-14(19)18-8-6-17(7-9-18)13-5-4-12(15)11-16-13/h4-5,11H,2-3,6-10,15H2,1H3. The molecule has 1 aliphatic heterocycles. The highest BCUT2D eigenvalue weighted by molar-refractivity contribution is 5.76. The minimum absolute atomic E-state index is 0.215. The molecule has 6 heteroatoms. The first kappa shape index (κ1) is 14.6. The van der Waals surface area contributed by atoms with Crippen molar-refractivity contribution < 1.29 is 9.53 Å². The molecule has 0 aromatic carbocycles. The molecule has 2 heterocycles. The van der Waals surface area contributed by atoms with Crippen molar-refractivity contribution in [3.05, 3.63) is 18.3 Å². The number of amides is 1. The maximum atomic E-state index is 12.0. The number of nitrogens with zero attached hydrogens (tertiary/aromatic N) is 3. The first-order valence-corrected chi connectivity index (χ1v) is 6.94. The molecule has 1 aromatic rings. The molecule has 1 aromatic heterocycles. The molecule has 1 saturated heterocycles. The third kappa shape index (κ3) is 3.84. The second-order valence-corrected chi connectivity index (χ2v) is 4.91. The van der Waals surface area contributed by atoms with Crippen LogP contribution in [0.1, 0.15) is 12.8 Å². The lowest BCUT2D eigenvalue weighted by atomic mass is 10.2. The van der Waals surface area contributed by atoms with Crippen LogP contribution in [0.25, 0.3) is 0 Å². The maximum absolute atomic E-state index is 12.0. The van der Waals surface area contributed by atoms with Crippen LogP contribution in [0, 0.1) is 0 Å². The predicted octanol–water partition coefficient (Wildman–Crippen LogP) is 0.739. The molecule has 0 aliphatic carbocycles. The number of pyridine rings is 1. The highest BCUT2D eigenvalue weighted by Crippen LogP contribution is 2.15. The number of hydrogen-bond donors (Lipinski definition) is 1. The van der Waals surface area contributed by atoms with Crippen LogP contribution in [0.2, 0.25) is 0 Å². The van der Waals surface area contributed by atoms with Gasteiger partial charge in [0.2, 0.25) is 5.91 Å². The van der Waals surface area contributed by atoms with Crippen LogP contribution < -0.4 is 10.6 Å². The van der Waals surface area contributed by atoms with E-state index in [2.05, 4.69) is 9.88 Å². The first-order chi connectivity index (χ1) is 9.70. The van der Waals surface area contributed by atoms with Gasteiger partial charge in [0.1, 0.15) is 5.82 Å². The summed E-state index contributed by atoms with van der Waals surface area (Å²) in [5.41, 5.74) is 6.30. The molecule has 0 unspecified atom stereocenters. The number of carbonyl (C=O) groups excluding carboxylic acids is 1. The Morgan fingerprint density at radius 2 is 2.10 bits per heavy atom. The number of methoxy groups -OCH3 is 1. The number of ether oxygens (including phenoxy) is 1. The summed E-state index contributed by atoms with van der Waals surface area (Å²) < 4.78 is 4.97. The molecule has 6 nitrogen and oxygen atoms in total. The number of hydrogen-bond acceptors (Lipinski definition) is 5.